The first-order valence-corrected chi connectivity index (χ1v) is 10.7. The van der Waals surface area contributed by atoms with Crippen LogP contribution in [0.4, 0.5) is 5.13 Å². The zero-order valence-corrected chi connectivity index (χ0v) is 16.9. The van der Waals surface area contributed by atoms with Crippen LogP contribution in [0.3, 0.4) is 0 Å². The van der Waals surface area contributed by atoms with Crippen LogP contribution < -0.4 is 4.90 Å². The van der Waals surface area contributed by atoms with Crippen molar-refractivity contribution in [3.63, 3.8) is 0 Å². The molecule has 1 heterocycles. The summed E-state index contributed by atoms with van der Waals surface area (Å²) in [5.74, 6) is 0.165. The van der Waals surface area contributed by atoms with Crippen molar-refractivity contribution >= 4 is 39.9 Å². The lowest BCUT2D eigenvalue weighted by Gasteiger charge is -2.17. The van der Waals surface area contributed by atoms with E-state index in [0.717, 1.165) is 23.6 Å². The van der Waals surface area contributed by atoms with Gasteiger partial charge >= 0.3 is 0 Å². The normalized spacial score (nSPS) is 14.9. The smallest absolute Gasteiger partial charge is 0.228 e. The van der Waals surface area contributed by atoms with Gasteiger partial charge in [0, 0.05) is 18.0 Å². The molecule has 0 aliphatic heterocycles. The van der Waals surface area contributed by atoms with Crippen LogP contribution in [0.5, 0.6) is 0 Å². The van der Waals surface area contributed by atoms with E-state index in [2.05, 4.69) is 17.1 Å². The molecule has 138 valence electrons. The van der Waals surface area contributed by atoms with Crippen LogP contribution in [-0.4, -0.2) is 33.2 Å². The van der Waals surface area contributed by atoms with Crippen LogP contribution in [0.1, 0.15) is 56.0 Å². The summed E-state index contributed by atoms with van der Waals surface area (Å²) in [7, 11) is 0. The molecular weight excluding hydrogens is 366 g/mol. The topological polar surface area (TPSA) is 63.2 Å². The molecule has 1 aromatic heterocycles. The fourth-order valence-electron chi connectivity index (χ4n) is 2.66. The number of carbonyl (C=O) groups excluding carboxylic acids is 2. The molecule has 0 radical (unpaired) electrons. The van der Waals surface area contributed by atoms with Gasteiger partial charge in [-0.1, -0.05) is 61.2 Å². The van der Waals surface area contributed by atoms with Gasteiger partial charge in [-0.2, -0.15) is 0 Å². The van der Waals surface area contributed by atoms with Crippen molar-refractivity contribution in [1.29, 1.82) is 0 Å². The lowest BCUT2D eigenvalue weighted by molar-refractivity contribution is -0.118. The number of benzene rings is 1. The second-order valence-electron chi connectivity index (χ2n) is 6.37. The minimum absolute atomic E-state index is 0.0816. The summed E-state index contributed by atoms with van der Waals surface area (Å²) in [4.78, 5) is 26.6. The van der Waals surface area contributed by atoms with Crippen molar-refractivity contribution in [1.82, 2.24) is 10.2 Å². The molecule has 1 aromatic carbocycles. The summed E-state index contributed by atoms with van der Waals surface area (Å²) in [5, 5.41) is 8.79. The van der Waals surface area contributed by atoms with Crippen LogP contribution >= 0.6 is 23.1 Å². The Kier molecular flexibility index (Phi) is 6.09. The average molecular weight is 390 g/mol. The maximum Gasteiger partial charge on any atom is 0.228 e. The molecular formula is C19H23N3O2S2. The Bertz CT molecular complexity index is 784. The molecule has 1 fully saturated rings. The molecule has 7 heteroatoms. The third kappa shape index (κ3) is 4.32. The number of carbonyl (C=O) groups is 2. The summed E-state index contributed by atoms with van der Waals surface area (Å²) in [6.45, 7) is 5.84. The van der Waals surface area contributed by atoms with E-state index in [0.29, 0.717) is 17.1 Å². The maximum absolute atomic E-state index is 12.6. The predicted molar refractivity (Wildman–Crippen MR) is 106 cm³/mol. The van der Waals surface area contributed by atoms with Crippen molar-refractivity contribution in [3.8, 4) is 0 Å². The highest BCUT2D eigenvalue weighted by atomic mass is 32.2. The van der Waals surface area contributed by atoms with Crippen LogP contribution in [-0.2, 0) is 11.2 Å². The minimum atomic E-state index is -0.250. The fourth-order valence-corrected chi connectivity index (χ4v) is 4.81. The number of amides is 1. The van der Waals surface area contributed by atoms with E-state index < -0.39 is 0 Å². The van der Waals surface area contributed by atoms with Gasteiger partial charge in [0.1, 0.15) is 0 Å². The highest BCUT2D eigenvalue weighted by Gasteiger charge is 2.35. The second-order valence-corrected chi connectivity index (χ2v) is 8.92. The second kappa shape index (κ2) is 8.31. The Morgan fingerprint density at radius 2 is 1.92 bits per heavy atom. The largest absolute Gasteiger partial charge is 0.293 e. The lowest BCUT2D eigenvalue weighted by Crippen LogP contribution is -2.32. The number of aromatic nitrogens is 2. The number of aryl methyl sites for hydroxylation is 1. The number of ketones is 1. The highest BCUT2D eigenvalue weighted by Crippen LogP contribution is 2.37. The predicted octanol–water partition coefficient (Wildman–Crippen LogP) is 4.37. The van der Waals surface area contributed by atoms with Crippen molar-refractivity contribution in [2.75, 3.05) is 4.90 Å². The summed E-state index contributed by atoms with van der Waals surface area (Å²) >= 11 is 2.80. The Hall–Kier alpha value is -1.73. The fraction of sp³-hybridized carbons (Fsp3) is 0.474. The van der Waals surface area contributed by atoms with E-state index in [1.807, 2.05) is 38.1 Å². The van der Waals surface area contributed by atoms with Gasteiger partial charge in [0.05, 0.1) is 5.25 Å². The monoisotopic (exact) mass is 389 g/mol. The lowest BCUT2D eigenvalue weighted by atomic mass is 10.1. The van der Waals surface area contributed by atoms with E-state index in [4.69, 9.17) is 0 Å². The Morgan fingerprint density at radius 1 is 1.23 bits per heavy atom. The molecule has 5 nitrogen and oxygen atoms in total. The zero-order chi connectivity index (χ0) is 18.7. The van der Waals surface area contributed by atoms with Gasteiger partial charge in [-0.15, -0.1) is 10.2 Å². The number of thioether (sulfide) groups is 1. The molecule has 26 heavy (non-hydrogen) atoms. The third-order valence-electron chi connectivity index (χ3n) is 4.38. The maximum atomic E-state index is 12.6. The summed E-state index contributed by atoms with van der Waals surface area (Å²) in [5.41, 5.74) is 1.93. The van der Waals surface area contributed by atoms with Crippen LogP contribution in [0.2, 0.25) is 0 Å². The zero-order valence-electron chi connectivity index (χ0n) is 15.3. The van der Waals surface area contributed by atoms with Gasteiger partial charge in [-0.05, 0) is 31.7 Å². The summed E-state index contributed by atoms with van der Waals surface area (Å²) < 4.78 is 0.723. The van der Waals surface area contributed by atoms with Crippen molar-refractivity contribution < 1.29 is 9.59 Å². The number of hydrogen-bond acceptors (Lipinski definition) is 6. The number of Topliss-reactive ketones (excluding diaryl/α,β-unsaturated/α-hetero) is 1. The molecule has 2 aromatic rings. The molecule has 0 N–H and O–H groups in total. The van der Waals surface area contributed by atoms with Crippen molar-refractivity contribution in [2.45, 2.75) is 62.1 Å². The first-order valence-electron chi connectivity index (χ1n) is 8.98. The standard InChI is InChI=1S/C19H23N3O2S2/c1-4-13-6-8-14(9-7-13)17(24)12(3)25-19-21-20-18(26-19)22(15-10-11-15)16(23)5-2/h6-9,12,15H,4-5,10-11H2,1-3H3/t12-/m0/s1. The molecule has 1 amide bonds. The van der Waals surface area contributed by atoms with Crippen molar-refractivity contribution in [3.05, 3.63) is 35.4 Å². The SMILES string of the molecule is CCC(=O)N(c1nnc(S[C@@H](C)C(=O)c2ccc(CC)cc2)s1)C1CC1. The van der Waals surface area contributed by atoms with E-state index in [9.17, 15) is 9.59 Å². The Morgan fingerprint density at radius 3 is 2.50 bits per heavy atom. The van der Waals surface area contributed by atoms with Crippen LogP contribution in [0, 0.1) is 0 Å². The van der Waals surface area contributed by atoms with E-state index in [1.165, 1.54) is 28.7 Å². The van der Waals surface area contributed by atoms with E-state index >= 15 is 0 Å². The van der Waals surface area contributed by atoms with Gasteiger partial charge in [0.2, 0.25) is 11.0 Å². The molecule has 0 spiro atoms. The summed E-state index contributed by atoms with van der Waals surface area (Å²) in [6.07, 6.45) is 3.47. The van der Waals surface area contributed by atoms with E-state index in [1.54, 1.807) is 4.90 Å². The number of nitrogens with zero attached hydrogens (tertiary/aromatic N) is 3. The minimum Gasteiger partial charge on any atom is -0.293 e. The number of rotatable bonds is 8. The molecule has 0 bridgehead atoms. The first kappa shape index (κ1) is 19.0. The Labute approximate surface area is 162 Å². The average Bonchev–Trinajstić information content (AvgIpc) is 3.40. The van der Waals surface area contributed by atoms with Gasteiger partial charge in [0.15, 0.2) is 10.1 Å². The molecule has 1 aliphatic rings. The van der Waals surface area contributed by atoms with Gasteiger partial charge in [0.25, 0.3) is 0 Å². The van der Waals surface area contributed by atoms with Gasteiger partial charge in [-0.25, -0.2) is 0 Å². The van der Waals surface area contributed by atoms with Gasteiger partial charge < -0.3 is 0 Å². The molecule has 3 rings (SSSR count). The molecule has 1 atom stereocenters. The highest BCUT2D eigenvalue weighted by molar-refractivity contribution is 8.02. The quantitative estimate of drug-likeness (QED) is 0.381. The molecule has 0 saturated heterocycles. The van der Waals surface area contributed by atoms with Crippen LogP contribution in [0.25, 0.3) is 0 Å². The van der Waals surface area contributed by atoms with Gasteiger partial charge in [-0.3, -0.25) is 14.5 Å². The molecule has 0 unspecified atom stereocenters. The molecule has 1 aliphatic carbocycles. The Balaban J connectivity index is 1.67. The summed E-state index contributed by atoms with van der Waals surface area (Å²) in [6, 6.07) is 8.04. The number of anilines is 1. The van der Waals surface area contributed by atoms with Crippen molar-refractivity contribution in [2.24, 2.45) is 0 Å². The van der Waals surface area contributed by atoms with Crippen LogP contribution in [0.15, 0.2) is 28.6 Å². The number of hydrogen-bond donors (Lipinski definition) is 0. The van der Waals surface area contributed by atoms with E-state index in [-0.39, 0.29) is 23.0 Å². The molecule has 1 saturated carbocycles. The third-order valence-corrected chi connectivity index (χ3v) is 6.49. The first-order chi connectivity index (χ1) is 12.5.